The minimum absolute atomic E-state index is 0.121. The van der Waals surface area contributed by atoms with Gasteiger partial charge in [0.1, 0.15) is 15.6 Å². The molecule has 25 heavy (non-hydrogen) atoms. The van der Waals surface area contributed by atoms with Gasteiger partial charge >= 0.3 is 5.97 Å². The predicted molar refractivity (Wildman–Crippen MR) is 101 cm³/mol. The fourth-order valence-electron chi connectivity index (χ4n) is 2.65. The molecule has 1 atom stereocenters. The number of thioether (sulfide) groups is 1. The molecular weight excluding hydrogens is 360 g/mol. The van der Waals surface area contributed by atoms with Crippen LogP contribution in [-0.2, 0) is 11.2 Å². The second-order valence-corrected chi connectivity index (χ2v) is 8.17. The molecule has 9 heteroatoms. The summed E-state index contributed by atoms with van der Waals surface area (Å²) in [5.74, 6) is 0.412. The third-order valence-electron chi connectivity index (χ3n) is 3.87. The lowest BCUT2D eigenvalue weighted by Crippen LogP contribution is -2.28. The number of rotatable bonds is 5. The molecule has 3 heterocycles. The molecule has 2 aromatic rings. The summed E-state index contributed by atoms with van der Waals surface area (Å²) in [4.78, 5) is 32.9. The number of hydrogen-bond acceptors (Lipinski definition) is 8. The number of H-pyrrole nitrogens is 1. The van der Waals surface area contributed by atoms with Gasteiger partial charge in [-0.2, -0.15) is 4.98 Å². The van der Waals surface area contributed by atoms with Crippen molar-refractivity contribution in [3.05, 3.63) is 31.7 Å². The molecule has 1 aliphatic heterocycles. The Balaban J connectivity index is 1.65. The summed E-state index contributed by atoms with van der Waals surface area (Å²) in [6, 6.07) is 1.89. The maximum absolute atomic E-state index is 12.0. The number of aromatic nitrogens is 2. The van der Waals surface area contributed by atoms with E-state index in [-0.39, 0.29) is 22.7 Å². The highest BCUT2D eigenvalue weighted by molar-refractivity contribution is 8.00. The van der Waals surface area contributed by atoms with Crippen molar-refractivity contribution in [1.82, 2.24) is 9.97 Å². The lowest BCUT2D eigenvalue weighted by molar-refractivity contribution is 0.0532. The molecule has 0 spiro atoms. The van der Waals surface area contributed by atoms with E-state index in [1.165, 1.54) is 28.0 Å². The summed E-state index contributed by atoms with van der Waals surface area (Å²) >= 11 is 3.01. The van der Waals surface area contributed by atoms with E-state index >= 15 is 0 Å². The van der Waals surface area contributed by atoms with Gasteiger partial charge in [-0.25, -0.2) is 4.79 Å². The Hall–Kier alpha value is -2.00. The quantitative estimate of drug-likeness (QED) is 0.683. The van der Waals surface area contributed by atoms with Gasteiger partial charge in [0.2, 0.25) is 5.95 Å². The number of nitrogens with two attached hydrogens (primary N) is 1. The number of esters is 1. The van der Waals surface area contributed by atoms with Gasteiger partial charge in [0.05, 0.1) is 6.61 Å². The SMILES string of the molecule is CCOC(=O)c1cc(C)c(CC[C@H]2CNc3nc(N)[nH]c(=O)c3S2)s1. The second kappa shape index (κ2) is 7.49. The molecule has 3 rings (SSSR count). The molecule has 0 amide bonds. The molecule has 2 aromatic heterocycles. The number of nitrogens with one attached hydrogen (secondary N) is 2. The number of aryl methyl sites for hydroxylation is 2. The second-order valence-electron chi connectivity index (χ2n) is 5.73. The molecular formula is C16H20N4O3S2. The normalized spacial score (nSPS) is 16.2. The monoisotopic (exact) mass is 380 g/mol. The Morgan fingerprint density at radius 1 is 1.52 bits per heavy atom. The van der Waals surface area contributed by atoms with Crippen molar-refractivity contribution in [3.63, 3.8) is 0 Å². The zero-order valence-corrected chi connectivity index (χ0v) is 15.7. The summed E-state index contributed by atoms with van der Waals surface area (Å²) in [6.07, 6.45) is 1.75. The van der Waals surface area contributed by atoms with Crippen LogP contribution in [-0.4, -0.2) is 34.3 Å². The minimum Gasteiger partial charge on any atom is -0.462 e. The first kappa shape index (κ1) is 17.8. The van der Waals surface area contributed by atoms with E-state index in [0.717, 1.165) is 24.9 Å². The lowest BCUT2D eigenvalue weighted by Gasteiger charge is -2.24. The number of hydrogen-bond donors (Lipinski definition) is 3. The lowest BCUT2D eigenvalue weighted by atomic mass is 10.1. The van der Waals surface area contributed by atoms with Gasteiger partial charge in [-0.05, 0) is 38.3 Å². The summed E-state index contributed by atoms with van der Waals surface area (Å²) < 4.78 is 5.05. The Bertz CT molecular complexity index is 846. The zero-order valence-electron chi connectivity index (χ0n) is 14.0. The topological polar surface area (TPSA) is 110 Å². The molecule has 0 saturated carbocycles. The van der Waals surface area contributed by atoms with E-state index in [4.69, 9.17) is 10.5 Å². The molecule has 134 valence electrons. The van der Waals surface area contributed by atoms with Crippen molar-refractivity contribution >= 4 is 40.8 Å². The molecule has 0 bridgehead atoms. The zero-order chi connectivity index (χ0) is 18.0. The van der Waals surface area contributed by atoms with Crippen molar-refractivity contribution in [1.29, 1.82) is 0 Å². The van der Waals surface area contributed by atoms with Crippen LogP contribution in [0.15, 0.2) is 15.8 Å². The smallest absolute Gasteiger partial charge is 0.348 e. The van der Waals surface area contributed by atoms with Crippen LogP contribution < -0.4 is 16.6 Å². The fourth-order valence-corrected chi connectivity index (χ4v) is 4.86. The number of ether oxygens (including phenoxy) is 1. The Labute approximate surface area is 153 Å². The Kier molecular flexibility index (Phi) is 5.33. The highest BCUT2D eigenvalue weighted by Crippen LogP contribution is 2.34. The number of aromatic amines is 1. The van der Waals surface area contributed by atoms with Crippen LogP contribution in [0.25, 0.3) is 0 Å². The minimum atomic E-state index is -0.264. The van der Waals surface area contributed by atoms with Crippen LogP contribution in [0.4, 0.5) is 11.8 Å². The molecule has 7 nitrogen and oxygen atoms in total. The van der Waals surface area contributed by atoms with Crippen molar-refractivity contribution in [2.45, 2.75) is 36.8 Å². The van der Waals surface area contributed by atoms with Crippen molar-refractivity contribution < 1.29 is 9.53 Å². The van der Waals surface area contributed by atoms with E-state index in [9.17, 15) is 9.59 Å². The summed E-state index contributed by atoms with van der Waals surface area (Å²) in [5, 5.41) is 3.44. The van der Waals surface area contributed by atoms with Crippen LogP contribution in [0, 0.1) is 6.92 Å². The summed E-state index contributed by atoms with van der Waals surface area (Å²) in [5.41, 5.74) is 6.46. The van der Waals surface area contributed by atoms with Crippen LogP contribution in [0.3, 0.4) is 0 Å². The van der Waals surface area contributed by atoms with E-state index in [2.05, 4.69) is 15.3 Å². The number of carbonyl (C=O) groups excluding carboxylic acids is 1. The van der Waals surface area contributed by atoms with Gasteiger partial charge in [-0.3, -0.25) is 9.78 Å². The molecule has 0 radical (unpaired) electrons. The first-order chi connectivity index (χ1) is 12.0. The molecule has 4 N–H and O–H groups in total. The van der Waals surface area contributed by atoms with E-state index in [0.29, 0.717) is 22.2 Å². The standard InChI is InChI=1S/C16H20N4O3S2/c1-3-23-15(22)11-6-8(2)10(25-11)5-4-9-7-18-13-12(24-9)14(21)20-16(17)19-13/h6,9H,3-5,7H2,1-2H3,(H4,17,18,19,20,21)/t9-/m0/s1. The highest BCUT2D eigenvalue weighted by atomic mass is 32.2. The van der Waals surface area contributed by atoms with Crippen LogP contribution in [0.1, 0.15) is 33.5 Å². The van der Waals surface area contributed by atoms with E-state index in [1.54, 1.807) is 6.92 Å². The Morgan fingerprint density at radius 2 is 2.32 bits per heavy atom. The third kappa shape index (κ3) is 3.98. The van der Waals surface area contributed by atoms with Crippen molar-refractivity contribution in [3.8, 4) is 0 Å². The van der Waals surface area contributed by atoms with Gasteiger partial charge < -0.3 is 15.8 Å². The van der Waals surface area contributed by atoms with Gasteiger partial charge in [-0.1, -0.05) is 0 Å². The fraction of sp³-hybridized carbons (Fsp3) is 0.438. The molecule has 0 fully saturated rings. The van der Waals surface area contributed by atoms with Crippen molar-refractivity contribution in [2.75, 3.05) is 24.2 Å². The number of thiophene rings is 1. The Morgan fingerprint density at radius 3 is 3.08 bits per heavy atom. The molecule has 0 aliphatic carbocycles. The molecule has 0 saturated heterocycles. The number of anilines is 2. The number of fused-ring (bicyclic) bond motifs is 1. The number of nitrogens with zero attached hydrogens (tertiary/aromatic N) is 1. The number of nitrogen functional groups attached to an aromatic ring is 1. The van der Waals surface area contributed by atoms with Gasteiger partial charge in [-0.15, -0.1) is 23.1 Å². The molecule has 1 aliphatic rings. The maximum Gasteiger partial charge on any atom is 0.348 e. The van der Waals surface area contributed by atoms with E-state index < -0.39 is 0 Å². The average Bonchev–Trinajstić information content (AvgIpc) is 2.94. The predicted octanol–water partition coefficient (Wildman–Crippen LogP) is 2.42. The van der Waals surface area contributed by atoms with Crippen LogP contribution in [0.2, 0.25) is 0 Å². The number of carbonyl (C=O) groups is 1. The van der Waals surface area contributed by atoms with Gasteiger partial charge in [0, 0.05) is 16.7 Å². The highest BCUT2D eigenvalue weighted by Gasteiger charge is 2.24. The van der Waals surface area contributed by atoms with Crippen LogP contribution in [0.5, 0.6) is 0 Å². The average molecular weight is 380 g/mol. The largest absolute Gasteiger partial charge is 0.462 e. The third-order valence-corrected chi connectivity index (χ3v) is 6.49. The summed E-state index contributed by atoms with van der Waals surface area (Å²) in [7, 11) is 0. The molecule has 0 unspecified atom stereocenters. The van der Waals surface area contributed by atoms with Crippen molar-refractivity contribution in [2.24, 2.45) is 0 Å². The summed E-state index contributed by atoms with van der Waals surface area (Å²) in [6.45, 7) is 4.91. The first-order valence-electron chi connectivity index (χ1n) is 8.04. The van der Waals surface area contributed by atoms with E-state index in [1.807, 2.05) is 13.0 Å². The maximum atomic E-state index is 12.0. The first-order valence-corrected chi connectivity index (χ1v) is 9.74. The molecule has 0 aromatic carbocycles. The van der Waals surface area contributed by atoms with Gasteiger partial charge in [0.25, 0.3) is 5.56 Å². The van der Waals surface area contributed by atoms with Gasteiger partial charge in [0.15, 0.2) is 0 Å². The van der Waals surface area contributed by atoms with Crippen LogP contribution >= 0.6 is 23.1 Å².